The van der Waals surface area contributed by atoms with Crippen molar-refractivity contribution >= 4 is 16.9 Å². The summed E-state index contributed by atoms with van der Waals surface area (Å²) in [5, 5.41) is 10.7. The lowest BCUT2D eigenvalue weighted by atomic mass is 10.1. The van der Waals surface area contributed by atoms with E-state index in [9.17, 15) is 14.7 Å². The molecule has 0 amide bonds. The Hall–Kier alpha value is -2.50. The van der Waals surface area contributed by atoms with Crippen molar-refractivity contribution in [2.45, 2.75) is 91.5 Å². The molecule has 0 aliphatic heterocycles. The largest absolute Gasteiger partial charge is 0.508 e. The monoisotopic (exact) mass is 431 g/mol. The molecule has 0 fully saturated rings. The molecule has 172 valence electrons. The molecule has 1 aromatic heterocycles. The van der Waals surface area contributed by atoms with E-state index in [0.717, 1.165) is 44.9 Å². The number of unbranched alkanes of at least 4 members (excludes halogenated alkanes) is 8. The molecular formula is C25H37NO5. The van der Waals surface area contributed by atoms with Crippen molar-refractivity contribution in [2.24, 2.45) is 0 Å². The normalized spacial score (nSPS) is 11.1. The lowest BCUT2D eigenvalue weighted by Crippen LogP contribution is -2.25. The van der Waals surface area contributed by atoms with Gasteiger partial charge < -0.3 is 19.1 Å². The summed E-state index contributed by atoms with van der Waals surface area (Å²) >= 11 is 0. The first-order valence-electron chi connectivity index (χ1n) is 11.7. The zero-order valence-electron chi connectivity index (χ0n) is 19.2. The number of phenols is 1. The summed E-state index contributed by atoms with van der Waals surface area (Å²) < 4.78 is 12.9. The standard InChI is InChI=1S/C25H37NO5/c1-4-6-8-10-11-12-16-26-22-18-20(28)14-15-21(22)23(30-17-13-9-7-5-2)24(25(26)29)31-19(3)27/h14-15,18,28H,4-13,16-17H2,1-3H3. The highest BCUT2D eigenvalue weighted by molar-refractivity contribution is 5.89. The maximum Gasteiger partial charge on any atom is 0.308 e. The number of ether oxygens (including phenoxy) is 2. The Morgan fingerprint density at radius 2 is 1.58 bits per heavy atom. The van der Waals surface area contributed by atoms with Gasteiger partial charge in [0.25, 0.3) is 5.56 Å². The molecule has 31 heavy (non-hydrogen) atoms. The average molecular weight is 432 g/mol. The van der Waals surface area contributed by atoms with Gasteiger partial charge >= 0.3 is 5.97 Å². The van der Waals surface area contributed by atoms with E-state index < -0.39 is 11.5 Å². The fraction of sp³-hybridized carbons (Fsp3) is 0.600. The van der Waals surface area contributed by atoms with Gasteiger partial charge in [-0.25, -0.2) is 0 Å². The van der Waals surface area contributed by atoms with Gasteiger partial charge in [0.05, 0.1) is 12.1 Å². The average Bonchev–Trinajstić information content (AvgIpc) is 2.74. The molecule has 2 rings (SSSR count). The summed E-state index contributed by atoms with van der Waals surface area (Å²) in [7, 11) is 0. The molecule has 0 aliphatic rings. The number of carbonyl (C=O) groups is 1. The molecule has 1 aromatic carbocycles. The zero-order valence-corrected chi connectivity index (χ0v) is 19.2. The third-order valence-electron chi connectivity index (χ3n) is 5.39. The predicted octanol–water partition coefficient (Wildman–Crippen LogP) is 5.95. The number of aryl methyl sites for hydroxylation is 1. The third kappa shape index (κ3) is 7.30. The van der Waals surface area contributed by atoms with Crippen LogP contribution in [0.5, 0.6) is 17.2 Å². The Balaban J connectivity index is 2.37. The number of pyridine rings is 1. The number of rotatable bonds is 14. The fourth-order valence-electron chi connectivity index (χ4n) is 3.74. The van der Waals surface area contributed by atoms with Gasteiger partial charge in [0, 0.05) is 24.9 Å². The number of aromatic nitrogens is 1. The van der Waals surface area contributed by atoms with Crippen LogP contribution in [-0.4, -0.2) is 22.2 Å². The number of hydrogen-bond acceptors (Lipinski definition) is 5. The highest BCUT2D eigenvalue weighted by Gasteiger charge is 2.21. The zero-order chi connectivity index (χ0) is 22.6. The smallest absolute Gasteiger partial charge is 0.308 e. The minimum absolute atomic E-state index is 0.0628. The number of fused-ring (bicyclic) bond motifs is 1. The summed E-state index contributed by atoms with van der Waals surface area (Å²) in [6.45, 7) is 6.54. The Bertz CT molecular complexity index is 903. The van der Waals surface area contributed by atoms with E-state index in [1.807, 2.05) is 0 Å². The number of hydrogen-bond donors (Lipinski definition) is 1. The van der Waals surface area contributed by atoms with Crippen LogP contribution in [0.1, 0.15) is 85.0 Å². The van der Waals surface area contributed by atoms with Crippen molar-refractivity contribution in [2.75, 3.05) is 6.61 Å². The minimum Gasteiger partial charge on any atom is -0.508 e. The summed E-state index contributed by atoms with van der Waals surface area (Å²) in [6.07, 6.45) is 10.7. The highest BCUT2D eigenvalue weighted by atomic mass is 16.6. The van der Waals surface area contributed by atoms with Crippen molar-refractivity contribution < 1.29 is 19.4 Å². The van der Waals surface area contributed by atoms with Crippen molar-refractivity contribution in [3.05, 3.63) is 28.6 Å². The molecule has 0 radical (unpaired) electrons. The third-order valence-corrected chi connectivity index (χ3v) is 5.39. The molecular weight excluding hydrogens is 394 g/mol. The van der Waals surface area contributed by atoms with E-state index in [-0.39, 0.29) is 17.2 Å². The van der Waals surface area contributed by atoms with E-state index in [1.165, 1.54) is 26.2 Å². The van der Waals surface area contributed by atoms with Gasteiger partial charge in [0.1, 0.15) is 5.75 Å². The number of nitrogens with zero attached hydrogens (tertiary/aromatic N) is 1. The maximum absolute atomic E-state index is 13.3. The molecule has 2 aromatic rings. The lowest BCUT2D eigenvalue weighted by molar-refractivity contribution is -0.132. The minimum atomic E-state index is -0.558. The van der Waals surface area contributed by atoms with Crippen molar-refractivity contribution in [1.29, 1.82) is 0 Å². The van der Waals surface area contributed by atoms with Crippen LogP contribution >= 0.6 is 0 Å². The van der Waals surface area contributed by atoms with Crippen LogP contribution in [0.2, 0.25) is 0 Å². The molecule has 0 bridgehead atoms. The van der Waals surface area contributed by atoms with Crippen molar-refractivity contribution in [3.8, 4) is 17.2 Å². The van der Waals surface area contributed by atoms with Crippen molar-refractivity contribution in [1.82, 2.24) is 4.57 Å². The summed E-state index contributed by atoms with van der Waals surface area (Å²) in [5.74, 6) is -0.257. The Morgan fingerprint density at radius 1 is 0.935 bits per heavy atom. The van der Waals surface area contributed by atoms with Crippen LogP contribution in [0.25, 0.3) is 10.9 Å². The topological polar surface area (TPSA) is 77.8 Å². The van der Waals surface area contributed by atoms with E-state index in [4.69, 9.17) is 9.47 Å². The molecule has 1 heterocycles. The number of aromatic hydroxyl groups is 1. The van der Waals surface area contributed by atoms with E-state index >= 15 is 0 Å². The fourth-order valence-corrected chi connectivity index (χ4v) is 3.74. The molecule has 0 unspecified atom stereocenters. The molecule has 6 heteroatoms. The lowest BCUT2D eigenvalue weighted by Gasteiger charge is -2.18. The first kappa shape index (κ1) is 24.8. The second-order valence-electron chi connectivity index (χ2n) is 8.09. The van der Waals surface area contributed by atoms with E-state index in [1.54, 1.807) is 22.8 Å². The van der Waals surface area contributed by atoms with Crippen LogP contribution in [0, 0.1) is 0 Å². The number of benzene rings is 1. The summed E-state index contributed by atoms with van der Waals surface area (Å²) in [6, 6.07) is 4.86. The van der Waals surface area contributed by atoms with Crippen LogP contribution < -0.4 is 15.0 Å². The van der Waals surface area contributed by atoms with Gasteiger partial charge in [-0.1, -0.05) is 65.2 Å². The van der Waals surface area contributed by atoms with Crippen LogP contribution in [0.3, 0.4) is 0 Å². The first-order chi connectivity index (χ1) is 15.0. The second-order valence-corrected chi connectivity index (χ2v) is 8.09. The molecule has 0 aliphatic carbocycles. The maximum atomic E-state index is 13.3. The SMILES string of the molecule is CCCCCCCCn1c(=O)c(OC(C)=O)c(OCCCCCC)c2ccc(O)cc21. The van der Waals surface area contributed by atoms with Gasteiger partial charge in [-0.05, 0) is 25.0 Å². The molecule has 0 atom stereocenters. The second kappa shape index (κ2) is 13.0. The van der Waals surface area contributed by atoms with Crippen molar-refractivity contribution in [3.63, 3.8) is 0 Å². The van der Waals surface area contributed by atoms with E-state index in [0.29, 0.717) is 24.1 Å². The molecule has 6 nitrogen and oxygen atoms in total. The molecule has 0 saturated carbocycles. The highest BCUT2D eigenvalue weighted by Crippen LogP contribution is 2.35. The van der Waals surface area contributed by atoms with Gasteiger partial charge in [-0.3, -0.25) is 9.59 Å². The van der Waals surface area contributed by atoms with Crippen LogP contribution in [0.4, 0.5) is 0 Å². The Labute approximate surface area is 185 Å². The summed E-state index contributed by atoms with van der Waals surface area (Å²) in [4.78, 5) is 25.0. The molecule has 0 saturated heterocycles. The quantitative estimate of drug-likeness (QED) is 0.295. The van der Waals surface area contributed by atoms with E-state index in [2.05, 4.69) is 13.8 Å². The van der Waals surface area contributed by atoms with Gasteiger partial charge in [0.15, 0.2) is 5.75 Å². The van der Waals surface area contributed by atoms with Gasteiger partial charge in [-0.2, -0.15) is 0 Å². The molecule has 0 spiro atoms. The Kier molecular flexibility index (Phi) is 10.4. The van der Waals surface area contributed by atoms with Gasteiger partial charge in [0.2, 0.25) is 5.75 Å². The first-order valence-corrected chi connectivity index (χ1v) is 11.7. The number of esters is 1. The number of carbonyl (C=O) groups excluding carboxylic acids is 1. The van der Waals surface area contributed by atoms with Gasteiger partial charge in [-0.15, -0.1) is 0 Å². The Morgan fingerprint density at radius 3 is 2.26 bits per heavy atom. The van der Waals surface area contributed by atoms with Crippen LogP contribution in [-0.2, 0) is 11.3 Å². The number of phenolic OH excluding ortho intramolecular Hbond substituents is 1. The molecule has 1 N–H and O–H groups in total. The van der Waals surface area contributed by atoms with Crippen LogP contribution in [0.15, 0.2) is 23.0 Å². The predicted molar refractivity (Wildman–Crippen MR) is 124 cm³/mol. The summed E-state index contributed by atoms with van der Waals surface area (Å²) in [5.41, 5.74) is 0.198.